The summed E-state index contributed by atoms with van der Waals surface area (Å²) in [6.07, 6.45) is 4.78. The van der Waals surface area contributed by atoms with Crippen molar-refractivity contribution < 1.29 is 9.59 Å². The van der Waals surface area contributed by atoms with Crippen molar-refractivity contribution in [3.63, 3.8) is 0 Å². The molecule has 0 bridgehead atoms. The molecule has 4 heteroatoms. The Morgan fingerprint density at radius 3 is 2.65 bits per heavy atom. The molecule has 0 aromatic heterocycles. The Labute approximate surface area is 103 Å². The number of hydrogen-bond donors (Lipinski definition) is 1. The molecule has 0 aromatic rings. The molecule has 96 valence electrons. The van der Waals surface area contributed by atoms with Crippen LogP contribution >= 0.6 is 0 Å². The average Bonchev–Trinajstić information content (AvgIpc) is 2.54. The Balaban J connectivity index is 2.81. The number of nitrogens with two attached hydrogens (primary N) is 1. The number of rotatable bonds is 5. The maximum absolute atomic E-state index is 12.1. The molecule has 2 amide bonds. The van der Waals surface area contributed by atoms with Crippen molar-refractivity contribution in [1.82, 2.24) is 4.90 Å². The summed E-state index contributed by atoms with van der Waals surface area (Å²) in [4.78, 5) is 25.3. The van der Waals surface area contributed by atoms with Gasteiger partial charge in [0.05, 0.1) is 12.1 Å². The van der Waals surface area contributed by atoms with Gasteiger partial charge in [-0.3, -0.25) is 14.5 Å². The molecular formula is C13H22N2O2. The summed E-state index contributed by atoms with van der Waals surface area (Å²) >= 11 is 0. The molecular weight excluding hydrogens is 216 g/mol. The molecule has 1 aliphatic heterocycles. The van der Waals surface area contributed by atoms with Crippen LogP contribution in [-0.4, -0.2) is 28.8 Å². The van der Waals surface area contributed by atoms with Crippen molar-refractivity contribution in [1.29, 1.82) is 0 Å². The molecule has 0 saturated heterocycles. The second kappa shape index (κ2) is 5.96. The SMILES string of the molecule is CCCC1C(C)=CC(=O)N1C(=O)[C@H](N)CCC. The average molecular weight is 238 g/mol. The Morgan fingerprint density at radius 2 is 2.12 bits per heavy atom. The highest BCUT2D eigenvalue weighted by Gasteiger charge is 2.36. The predicted octanol–water partition coefficient (Wildman–Crippen LogP) is 1.60. The lowest BCUT2D eigenvalue weighted by atomic mass is 10.0. The quantitative estimate of drug-likeness (QED) is 0.791. The van der Waals surface area contributed by atoms with E-state index in [0.717, 1.165) is 24.8 Å². The van der Waals surface area contributed by atoms with Crippen LogP contribution in [0.1, 0.15) is 46.5 Å². The molecule has 1 unspecified atom stereocenters. The van der Waals surface area contributed by atoms with Gasteiger partial charge in [-0.25, -0.2) is 0 Å². The first-order chi connectivity index (χ1) is 8.02. The van der Waals surface area contributed by atoms with Gasteiger partial charge in [0.15, 0.2) is 0 Å². The highest BCUT2D eigenvalue weighted by Crippen LogP contribution is 2.24. The maximum atomic E-state index is 12.1. The number of carbonyl (C=O) groups is 2. The zero-order chi connectivity index (χ0) is 13.0. The van der Waals surface area contributed by atoms with E-state index >= 15 is 0 Å². The standard InChI is InChI=1S/C13H22N2O2/c1-4-6-10(14)13(17)15-11(7-5-2)9(3)8-12(15)16/h8,10-11H,4-7,14H2,1-3H3/t10-,11?/m1/s1. The van der Waals surface area contributed by atoms with Crippen LogP contribution < -0.4 is 5.73 Å². The van der Waals surface area contributed by atoms with Crippen LogP contribution in [0.5, 0.6) is 0 Å². The van der Waals surface area contributed by atoms with E-state index in [2.05, 4.69) is 0 Å². The Kier molecular flexibility index (Phi) is 4.87. The van der Waals surface area contributed by atoms with Crippen molar-refractivity contribution in [2.45, 2.75) is 58.5 Å². The number of imide groups is 1. The van der Waals surface area contributed by atoms with Crippen molar-refractivity contribution >= 4 is 11.8 Å². The lowest BCUT2D eigenvalue weighted by molar-refractivity contribution is -0.143. The summed E-state index contributed by atoms with van der Waals surface area (Å²) in [5.41, 5.74) is 6.77. The van der Waals surface area contributed by atoms with Crippen LogP contribution in [0, 0.1) is 0 Å². The van der Waals surface area contributed by atoms with Crippen molar-refractivity contribution in [3.8, 4) is 0 Å². The number of carbonyl (C=O) groups excluding carboxylic acids is 2. The van der Waals surface area contributed by atoms with E-state index in [1.165, 1.54) is 4.90 Å². The lowest BCUT2D eigenvalue weighted by Gasteiger charge is -2.26. The van der Waals surface area contributed by atoms with Gasteiger partial charge >= 0.3 is 0 Å². The lowest BCUT2D eigenvalue weighted by Crippen LogP contribution is -2.48. The van der Waals surface area contributed by atoms with Crippen LogP contribution in [-0.2, 0) is 9.59 Å². The van der Waals surface area contributed by atoms with Crippen molar-refractivity contribution in [2.24, 2.45) is 5.73 Å². The fourth-order valence-electron chi connectivity index (χ4n) is 2.22. The molecule has 1 rings (SSSR count). The minimum atomic E-state index is -0.553. The first-order valence-corrected chi connectivity index (χ1v) is 6.33. The molecule has 0 radical (unpaired) electrons. The largest absolute Gasteiger partial charge is 0.320 e. The zero-order valence-electron chi connectivity index (χ0n) is 10.9. The summed E-state index contributed by atoms with van der Waals surface area (Å²) in [5.74, 6) is -0.444. The van der Waals surface area contributed by atoms with Crippen LogP contribution in [0.3, 0.4) is 0 Å². The van der Waals surface area contributed by atoms with Gasteiger partial charge in [-0.2, -0.15) is 0 Å². The monoisotopic (exact) mass is 238 g/mol. The first kappa shape index (κ1) is 13.9. The molecule has 1 aliphatic rings. The van der Waals surface area contributed by atoms with E-state index in [9.17, 15) is 9.59 Å². The predicted molar refractivity (Wildman–Crippen MR) is 67.2 cm³/mol. The van der Waals surface area contributed by atoms with E-state index in [0.29, 0.717) is 6.42 Å². The van der Waals surface area contributed by atoms with Gasteiger partial charge in [0, 0.05) is 6.08 Å². The van der Waals surface area contributed by atoms with Gasteiger partial charge < -0.3 is 5.73 Å². The number of amides is 2. The van der Waals surface area contributed by atoms with Gasteiger partial charge in [-0.1, -0.05) is 26.7 Å². The molecule has 17 heavy (non-hydrogen) atoms. The topological polar surface area (TPSA) is 63.4 Å². The zero-order valence-corrected chi connectivity index (χ0v) is 10.9. The molecule has 2 N–H and O–H groups in total. The number of hydrogen-bond acceptors (Lipinski definition) is 3. The molecule has 0 fully saturated rings. The van der Waals surface area contributed by atoms with Crippen LogP contribution in [0.15, 0.2) is 11.6 Å². The molecule has 0 saturated carbocycles. The highest BCUT2D eigenvalue weighted by atomic mass is 16.2. The fourth-order valence-corrected chi connectivity index (χ4v) is 2.22. The minimum Gasteiger partial charge on any atom is -0.320 e. The third-order valence-electron chi connectivity index (χ3n) is 3.14. The third-order valence-corrected chi connectivity index (χ3v) is 3.14. The van der Waals surface area contributed by atoms with E-state index in [1.54, 1.807) is 6.08 Å². The smallest absolute Gasteiger partial charge is 0.253 e. The molecule has 2 atom stereocenters. The van der Waals surface area contributed by atoms with Crippen LogP contribution in [0.4, 0.5) is 0 Å². The summed E-state index contributed by atoms with van der Waals surface area (Å²) < 4.78 is 0. The summed E-state index contributed by atoms with van der Waals surface area (Å²) in [6.45, 7) is 5.92. The normalized spacial score (nSPS) is 21.6. The second-order valence-electron chi connectivity index (χ2n) is 4.63. The summed E-state index contributed by atoms with van der Waals surface area (Å²) in [5, 5.41) is 0. The number of nitrogens with zero attached hydrogens (tertiary/aromatic N) is 1. The highest BCUT2D eigenvalue weighted by molar-refractivity contribution is 6.05. The van der Waals surface area contributed by atoms with Gasteiger partial charge in [0.2, 0.25) is 5.91 Å². The van der Waals surface area contributed by atoms with Crippen molar-refractivity contribution in [2.75, 3.05) is 0 Å². The van der Waals surface area contributed by atoms with E-state index in [1.807, 2.05) is 20.8 Å². The summed E-state index contributed by atoms with van der Waals surface area (Å²) in [7, 11) is 0. The molecule has 4 nitrogen and oxygen atoms in total. The second-order valence-corrected chi connectivity index (χ2v) is 4.63. The van der Waals surface area contributed by atoms with E-state index in [4.69, 9.17) is 5.73 Å². The molecule has 0 aromatic carbocycles. The Morgan fingerprint density at radius 1 is 1.47 bits per heavy atom. The van der Waals surface area contributed by atoms with E-state index < -0.39 is 6.04 Å². The van der Waals surface area contributed by atoms with E-state index in [-0.39, 0.29) is 17.9 Å². The molecule has 0 spiro atoms. The Bertz CT molecular complexity index is 336. The molecule has 0 aliphatic carbocycles. The molecule has 1 heterocycles. The fraction of sp³-hybridized carbons (Fsp3) is 0.692. The summed E-state index contributed by atoms with van der Waals surface area (Å²) in [6, 6.07) is -0.634. The van der Waals surface area contributed by atoms with Crippen LogP contribution in [0.2, 0.25) is 0 Å². The minimum absolute atomic E-state index is 0.0806. The van der Waals surface area contributed by atoms with Crippen molar-refractivity contribution in [3.05, 3.63) is 11.6 Å². The van der Waals surface area contributed by atoms with Gasteiger partial charge in [0.25, 0.3) is 5.91 Å². The van der Waals surface area contributed by atoms with Gasteiger partial charge in [0.1, 0.15) is 0 Å². The van der Waals surface area contributed by atoms with Gasteiger partial charge in [-0.15, -0.1) is 0 Å². The third kappa shape index (κ3) is 2.94. The maximum Gasteiger partial charge on any atom is 0.253 e. The first-order valence-electron chi connectivity index (χ1n) is 6.33. The van der Waals surface area contributed by atoms with Crippen LogP contribution in [0.25, 0.3) is 0 Å². The Hall–Kier alpha value is -1.16. The van der Waals surface area contributed by atoms with Gasteiger partial charge in [-0.05, 0) is 25.3 Å².